The Labute approximate surface area is 279 Å². The van der Waals surface area contributed by atoms with E-state index in [0.29, 0.717) is 30.3 Å². The molecule has 1 aliphatic heterocycles. The molecule has 0 spiro atoms. The van der Waals surface area contributed by atoms with Crippen molar-refractivity contribution in [3.63, 3.8) is 0 Å². The maximum atomic E-state index is 12.4. The number of carbonyl (C=O) groups is 1. The number of rotatable bonds is 11. The zero-order valence-corrected chi connectivity index (χ0v) is 26.6. The van der Waals surface area contributed by atoms with Gasteiger partial charge in [-0.1, -0.05) is 103 Å². The molecule has 47 heavy (non-hydrogen) atoms. The molecule has 5 aromatic rings. The highest BCUT2D eigenvalue weighted by molar-refractivity contribution is 7.99. The van der Waals surface area contributed by atoms with E-state index in [0.717, 1.165) is 43.7 Å². The van der Waals surface area contributed by atoms with Gasteiger partial charge in [0.25, 0.3) is 5.03 Å². The summed E-state index contributed by atoms with van der Waals surface area (Å²) in [5.74, 6) is 0.588. The molecular weight excluding hydrogens is 611 g/mol. The molecule has 6 rings (SSSR count). The second-order valence-corrected chi connectivity index (χ2v) is 12.4. The van der Waals surface area contributed by atoms with Crippen LogP contribution in [0.2, 0.25) is 0 Å². The average Bonchev–Trinajstić information content (AvgIpc) is 3.13. The molecule has 2 amide bonds. The molecule has 1 saturated heterocycles. The number of thioether (sulfide) groups is 1. The van der Waals surface area contributed by atoms with Crippen molar-refractivity contribution in [2.24, 2.45) is 0 Å². The van der Waals surface area contributed by atoms with Crippen LogP contribution in [0.5, 0.6) is 0 Å². The molecule has 3 atom stereocenters. The molecule has 0 unspecified atom stereocenters. The van der Waals surface area contributed by atoms with Crippen LogP contribution in [0, 0.1) is 5.21 Å². The van der Waals surface area contributed by atoms with Crippen LogP contribution in [0.1, 0.15) is 46.6 Å². The van der Waals surface area contributed by atoms with Crippen LogP contribution in [0.4, 0.5) is 4.79 Å². The Kier molecular flexibility index (Phi) is 10.8. The number of nitrogens with zero attached hydrogens (tertiary/aromatic N) is 1. The summed E-state index contributed by atoms with van der Waals surface area (Å²) in [7, 11) is 0. The van der Waals surface area contributed by atoms with E-state index in [1.54, 1.807) is 6.07 Å². The number of benzene rings is 4. The van der Waals surface area contributed by atoms with Gasteiger partial charge in [-0.25, -0.2) is 4.79 Å². The van der Waals surface area contributed by atoms with Gasteiger partial charge < -0.3 is 30.4 Å². The fraction of sp³-hybridized carbons (Fsp3) is 0.211. The highest BCUT2D eigenvalue weighted by Crippen LogP contribution is 2.40. The van der Waals surface area contributed by atoms with Crippen LogP contribution in [-0.2, 0) is 29.2 Å². The molecule has 1 fully saturated rings. The number of aromatic nitrogens is 1. The lowest BCUT2D eigenvalue weighted by Gasteiger charge is -2.36. The molecule has 1 aromatic heterocycles. The van der Waals surface area contributed by atoms with Gasteiger partial charge >= 0.3 is 6.03 Å². The standard InChI is InChI=1S/C38H37N3O5S/c42-25-28-15-17-30(18-16-28)35-22-34(26-47-36-14-4-5-19-41(36)44)45-37(46-35)33-13-7-12-32(21-33)31-11-6-10-29(20-31)24-40-38(43)39-23-27-8-2-1-3-9-27/h1-21,34-35,37,42H,22-26H2,(H2,39,40,43)/t34-,35+,37+/m0/s1. The SMILES string of the molecule is O=C(NCc1ccccc1)NCc1cccc(-c2cccc([C@@H]3O[C@H](CSc4cccc[n+]4[O-])C[C@H](c4ccc(CO)cc4)O3)c2)c1. The summed E-state index contributed by atoms with van der Waals surface area (Å²) in [4.78, 5) is 12.4. The average molecular weight is 648 g/mol. The quantitative estimate of drug-likeness (QED) is 0.0826. The lowest BCUT2D eigenvalue weighted by Crippen LogP contribution is -2.34. The first-order valence-electron chi connectivity index (χ1n) is 15.6. The normalized spacial score (nSPS) is 17.6. The van der Waals surface area contributed by atoms with Gasteiger partial charge in [0.15, 0.2) is 12.5 Å². The molecular formula is C38H37N3O5S. The summed E-state index contributed by atoms with van der Waals surface area (Å²) < 4.78 is 13.9. The first kappa shape index (κ1) is 32.3. The van der Waals surface area contributed by atoms with Gasteiger partial charge in [0.05, 0.1) is 18.8 Å². The largest absolute Gasteiger partial charge is 0.618 e. The van der Waals surface area contributed by atoms with E-state index in [1.807, 2.05) is 103 Å². The first-order chi connectivity index (χ1) is 23.0. The Morgan fingerprint density at radius 2 is 1.47 bits per heavy atom. The summed E-state index contributed by atoms with van der Waals surface area (Å²) in [5.41, 5.74) is 6.77. The van der Waals surface area contributed by atoms with Crippen molar-refractivity contribution < 1.29 is 24.1 Å². The van der Waals surface area contributed by atoms with Crippen molar-refractivity contribution in [1.29, 1.82) is 0 Å². The van der Waals surface area contributed by atoms with Crippen LogP contribution in [0.3, 0.4) is 0 Å². The topological polar surface area (TPSA) is 107 Å². The van der Waals surface area contributed by atoms with Crippen molar-refractivity contribution in [2.45, 2.75) is 49.6 Å². The van der Waals surface area contributed by atoms with E-state index in [2.05, 4.69) is 22.8 Å². The number of ether oxygens (including phenoxy) is 2. The van der Waals surface area contributed by atoms with Gasteiger partial charge in [0.1, 0.15) is 0 Å². The highest BCUT2D eigenvalue weighted by Gasteiger charge is 2.33. The van der Waals surface area contributed by atoms with Crippen LogP contribution < -0.4 is 15.4 Å². The summed E-state index contributed by atoms with van der Waals surface area (Å²) in [6.45, 7) is 0.836. The number of hydrogen-bond donors (Lipinski definition) is 3. The minimum Gasteiger partial charge on any atom is -0.618 e. The minimum atomic E-state index is -0.620. The molecule has 3 N–H and O–H groups in total. The molecule has 2 heterocycles. The summed E-state index contributed by atoms with van der Waals surface area (Å²) in [6.07, 6.45) is 1.10. The summed E-state index contributed by atoms with van der Waals surface area (Å²) in [6, 6.07) is 39.0. The molecule has 1 aliphatic rings. The Bertz CT molecular complexity index is 1770. The highest BCUT2D eigenvalue weighted by atomic mass is 32.2. The summed E-state index contributed by atoms with van der Waals surface area (Å²) in [5, 5.41) is 28.2. The maximum Gasteiger partial charge on any atom is 0.315 e. The second kappa shape index (κ2) is 15.8. The monoisotopic (exact) mass is 647 g/mol. The third-order valence-corrected chi connectivity index (χ3v) is 9.14. The molecule has 0 bridgehead atoms. The molecule has 4 aromatic carbocycles. The Balaban J connectivity index is 1.15. The predicted molar refractivity (Wildman–Crippen MR) is 182 cm³/mol. The van der Waals surface area contributed by atoms with Crippen molar-refractivity contribution >= 4 is 17.8 Å². The number of amides is 2. The third-order valence-electron chi connectivity index (χ3n) is 7.99. The number of urea groups is 1. The first-order valence-corrected chi connectivity index (χ1v) is 16.6. The van der Waals surface area contributed by atoms with Crippen molar-refractivity contribution in [1.82, 2.24) is 10.6 Å². The van der Waals surface area contributed by atoms with E-state index in [9.17, 15) is 15.1 Å². The van der Waals surface area contributed by atoms with E-state index < -0.39 is 6.29 Å². The van der Waals surface area contributed by atoms with Gasteiger partial charge in [0.2, 0.25) is 0 Å². The fourth-order valence-electron chi connectivity index (χ4n) is 5.47. The van der Waals surface area contributed by atoms with Gasteiger partial charge in [-0.3, -0.25) is 0 Å². The third kappa shape index (κ3) is 8.78. The van der Waals surface area contributed by atoms with E-state index in [-0.39, 0.29) is 24.8 Å². The minimum absolute atomic E-state index is 0.0193. The lowest BCUT2D eigenvalue weighted by molar-refractivity contribution is -0.645. The van der Waals surface area contributed by atoms with Gasteiger partial charge in [-0.15, -0.1) is 0 Å². The van der Waals surface area contributed by atoms with E-state index >= 15 is 0 Å². The number of carbonyl (C=O) groups excluding carboxylic acids is 1. The van der Waals surface area contributed by atoms with Crippen LogP contribution in [-0.4, -0.2) is 23.0 Å². The number of pyridine rings is 1. The number of aliphatic hydroxyl groups excluding tert-OH is 1. The zero-order valence-electron chi connectivity index (χ0n) is 25.8. The Hall–Kier alpha value is -4.67. The second-order valence-electron chi connectivity index (χ2n) is 11.4. The maximum absolute atomic E-state index is 12.4. The van der Waals surface area contributed by atoms with Gasteiger partial charge in [-0.05, 0) is 51.6 Å². The lowest BCUT2D eigenvalue weighted by atomic mass is 9.99. The molecule has 9 heteroatoms. The Morgan fingerprint density at radius 3 is 2.23 bits per heavy atom. The molecule has 0 saturated carbocycles. The van der Waals surface area contributed by atoms with Crippen molar-refractivity contribution in [3.05, 3.63) is 161 Å². The van der Waals surface area contributed by atoms with Crippen LogP contribution in [0.15, 0.2) is 133 Å². The Morgan fingerprint density at radius 1 is 0.766 bits per heavy atom. The molecule has 0 aliphatic carbocycles. The van der Waals surface area contributed by atoms with Crippen LogP contribution >= 0.6 is 11.8 Å². The predicted octanol–water partition coefficient (Wildman–Crippen LogP) is 6.82. The van der Waals surface area contributed by atoms with Gasteiger partial charge in [-0.2, -0.15) is 4.73 Å². The number of aliphatic hydroxyl groups is 1. The van der Waals surface area contributed by atoms with E-state index in [4.69, 9.17) is 9.47 Å². The van der Waals surface area contributed by atoms with Gasteiger partial charge in [0, 0.05) is 43.0 Å². The summed E-state index contributed by atoms with van der Waals surface area (Å²) >= 11 is 1.47. The fourth-order valence-corrected chi connectivity index (χ4v) is 6.41. The molecule has 0 radical (unpaired) electrons. The van der Waals surface area contributed by atoms with Crippen LogP contribution in [0.25, 0.3) is 11.1 Å². The number of hydrogen-bond acceptors (Lipinski definition) is 6. The van der Waals surface area contributed by atoms with Crippen molar-refractivity contribution in [2.75, 3.05) is 5.75 Å². The zero-order chi connectivity index (χ0) is 32.4. The molecule has 8 nitrogen and oxygen atoms in total. The molecule has 240 valence electrons. The van der Waals surface area contributed by atoms with Crippen molar-refractivity contribution in [3.8, 4) is 11.1 Å². The smallest absolute Gasteiger partial charge is 0.315 e. The van der Waals surface area contributed by atoms with E-state index in [1.165, 1.54) is 18.0 Å². The number of nitrogens with one attached hydrogen (secondary N) is 2.